The van der Waals surface area contributed by atoms with Crippen molar-refractivity contribution >= 4 is 10.8 Å². The van der Waals surface area contributed by atoms with Crippen molar-refractivity contribution in [1.29, 1.82) is 0 Å². The van der Waals surface area contributed by atoms with Crippen LogP contribution >= 0.6 is 0 Å². The number of methoxy groups -OCH3 is 1. The maximum absolute atomic E-state index is 14.9. The molecule has 0 aliphatic carbocycles. The van der Waals surface area contributed by atoms with Crippen LogP contribution in [0.5, 0.6) is 5.75 Å². The summed E-state index contributed by atoms with van der Waals surface area (Å²) in [7, 11) is 1.40. The second-order valence-electron chi connectivity index (χ2n) is 5.66. The molecule has 3 heteroatoms. The molecular weight excluding hydrogens is 306 g/mol. The fraction of sp³-hybridized carbons (Fsp3) is 0.143. The molecule has 0 heterocycles. The van der Waals surface area contributed by atoms with Gasteiger partial charge in [-0.25, -0.2) is 8.78 Å². The molecule has 0 unspecified atom stereocenters. The predicted molar refractivity (Wildman–Crippen MR) is 94.4 cm³/mol. The first-order valence-electron chi connectivity index (χ1n) is 7.80. The molecule has 0 atom stereocenters. The molecule has 0 N–H and O–H groups in total. The minimum atomic E-state index is -0.505. The van der Waals surface area contributed by atoms with Gasteiger partial charge in [-0.2, -0.15) is 0 Å². The summed E-state index contributed by atoms with van der Waals surface area (Å²) >= 11 is 0. The van der Waals surface area contributed by atoms with E-state index >= 15 is 0 Å². The average molecular weight is 324 g/mol. The molecule has 3 aromatic carbocycles. The van der Waals surface area contributed by atoms with Crippen LogP contribution in [0.3, 0.4) is 0 Å². The van der Waals surface area contributed by atoms with Crippen LogP contribution < -0.4 is 4.74 Å². The normalized spacial score (nSPS) is 10.8. The minimum Gasteiger partial charge on any atom is -0.494 e. The van der Waals surface area contributed by atoms with E-state index in [0.717, 1.165) is 23.8 Å². The van der Waals surface area contributed by atoms with Crippen LogP contribution in [0.2, 0.25) is 0 Å². The van der Waals surface area contributed by atoms with Crippen LogP contribution in [0.25, 0.3) is 21.9 Å². The molecule has 0 bridgehead atoms. The van der Waals surface area contributed by atoms with Gasteiger partial charge in [0.15, 0.2) is 11.6 Å². The molecule has 0 aromatic heterocycles. The van der Waals surface area contributed by atoms with Crippen LogP contribution in [-0.2, 0) is 6.42 Å². The van der Waals surface area contributed by atoms with Crippen molar-refractivity contribution in [3.05, 3.63) is 78.4 Å². The van der Waals surface area contributed by atoms with Gasteiger partial charge in [0.25, 0.3) is 0 Å². The van der Waals surface area contributed by atoms with E-state index in [2.05, 4.69) is 6.58 Å². The highest BCUT2D eigenvalue weighted by Crippen LogP contribution is 2.31. The lowest BCUT2D eigenvalue weighted by atomic mass is 9.98. The monoisotopic (exact) mass is 324 g/mol. The van der Waals surface area contributed by atoms with Crippen molar-refractivity contribution in [2.45, 2.75) is 12.8 Å². The molecule has 0 saturated carbocycles. The third kappa shape index (κ3) is 3.02. The van der Waals surface area contributed by atoms with E-state index in [4.69, 9.17) is 4.74 Å². The Morgan fingerprint density at radius 1 is 1.04 bits per heavy atom. The quantitative estimate of drug-likeness (QED) is 0.530. The van der Waals surface area contributed by atoms with Crippen LogP contribution in [0.15, 0.2) is 61.2 Å². The molecule has 24 heavy (non-hydrogen) atoms. The van der Waals surface area contributed by atoms with Crippen LogP contribution in [0.4, 0.5) is 8.78 Å². The van der Waals surface area contributed by atoms with E-state index in [9.17, 15) is 8.78 Å². The molecule has 0 radical (unpaired) electrons. The number of rotatable bonds is 5. The topological polar surface area (TPSA) is 9.23 Å². The van der Waals surface area contributed by atoms with Crippen molar-refractivity contribution in [2.24, 2.45) is 0 Å². The van der Waals surface area contributed by atoms with E-state index < -0.39 is 5.82 Å². The number of allylic oxidation sites excluding steroid dienone is 1. The van der Waals surface area contributed by atoms with Crippen LogP contribution in [0, 0.1) is 11.6 Å². The first-order chi connectivity index (χ1) is 11.6. The molecule has 3 aromatic rings. The van der Waals surface area contributed by atoms with Gasteiger partial charge in [-0.1, -0.05) is 42.5 Å². The van der Waals surface area contributed by atoms with Crippen molar-refractivity contribution in [3.63, 3.8) is 0 Å². The summed E-state index contributed by atoms with van der Waals surface area (Å²) in [6.45, 7) is 3.72. The summed E-state index contributed by atoms with van der Waals surface area (Å²) in [5, 5.41) is 1.37. The largest absolute Gasteiger partial charge is 0.494 e. The standard InChI is InChI=1S/C21H18F2O/c1-3-4-5-14-6-9-17-15(12-14)7-10-18(21(17)23)16-8-11-20(24-2)19(22)13-16/h3,6-13H,1,4-5H2,2H3. The zero-order valence-electron chi connectivity index (χ0n) is 13.5. The molecule has 122 valence electrons. The molecule has 0 aliphatic rings. The molecule has 0 spiro atoms. The van der Waals surface area contributed by atoms with Gasteiger partial charge in [-0.3, -0.25) is 0 Å². The van der Waals surface area contributed by atoms with Gasteiger partial charge in [-0.15, -0.1) is 6.58 Å². The molecule has 0 aliphatic heterocycles. The Labute approximate surface area is 140 Å². The zero-order valence-corrected chi connectivity index (χ0v) is 13.5. The maximum atomic E-state index is 14.9. The Morgan fingerprint density at radius 2 is 1.88 bits per heavy atom. The summed E-state index contributed by atoms with van der Waals surface area (Å²) in [5.41, 5.74) is 2.01. The highest BCUT2D eigenvalue weighted by atomic mass is 19.1. The van der Waals surface area contributed by atoms with E-state index in [1.54, 1.807) is 18.2 Å². The number of ether oxygens (including phenoxy) is 1. The summed E-state index contributed by atoms with van der Waals surface area (Å²) in [6, 6.07) is 13.7. The molecule has 1 nitrogen and oxygen atoms in total. The summed E-state index contributed by atoms with van der Waals surface area (Å²) in [4.78, 5) is 0. The Morgan fingerprint density at radius 3 is 2.58 bits per heavy atom. The summed E-state index contributed by atoms with van der Waals surface area (Å²) < 4.78 is 33.7. The first kappa shape index (κ1) is 16.2. The maximum Gasteiger partial charge on any atom is 0.165 e. The van der Waals surface area contributed by atoms with Gasteiger partial charge in [0.1, 0.15) is 5.82 Å². The third-order valence-electron chi connectivity index (χ3n) is 4.12. The van der Waals surface area contributed by atoms with E-state index in [-0.39, 0.29) is 11.6 Å². The number of hydrogen-bond acceptors (Lipinski definition) is 1. The number of aryl methyl sites for hydroxylation is 1. The Bertz CT molecular complexity index is 900. The summed E-state index contributed by atoms with van der Waals surface area (Å²) in [5.74, 6) is -0.701. The van der Waals surface area contributed by atoms with Crippen LogP contribution in [-0.4, -0.2) is 7.11 Å². The third-order valence-corrected chi connectivity index (χ3v) is 4.12. The Balaban J connectivity index is 2.05. The van der Waals surface area contributed by atoms with Crippen molar-refractivity contribution in [2.75, 3.05) is 7.11 Å². The van der Waals surface area contributed by atoms with E-state index in [1.165, 1.54) is 19.2 Å². The van der Waals surface area contributed by atoms with E-state index in [0.29, 0.717) is 16.5 Å². The Hall–Kier alpha value is -2.68. The lowest BCUT2D eigenvalue weighted by Crippen LogP contribution is -1.92. The molecule has 3 rings (SSSR count). The molecule has 0 fully saturated rings. The number of fused-ring (bicyclic) bond motifs is 1. The first-order valence-corrected chi connectivity index (χ1v) is 7.80. The second kappa shape index (κ2) is 6.83. The molecular formula is C21H18F2O. The average Bonchev–Trinajstić information content (AvgIpc) is 2.60. The summed E-state index contributed by atoms with van der Waals surface area (Å²) in [6.07, 6.45) is 3.63. The van der Waals surface area contributed by atoms with Crippen molar-refractivity contribution in [3.8, 4) is 16.9 Å². The van der Waals surface area contributed by atoms with Gasteiger partial charge in [0.05, 0.1) is 7.11 Å². The highest BCUT2D eigenvalue weighted by Gasteiger charge is 2.12. The smallest absolute Gasteiger partial charge is 0.165 e. The highest BCUT2D eigenvalue weighted by molar-refractivity contribution is 5.88. The second-order valence-corrected chi connectivity index (χ2v) is 5.66. The number of hydrogen-bond donors (Lipinski definition) is 0. The van der Waals surface area contributed by atoms with Gasteiger partial charge < -0.3 is 4.74 Å². The van der Waals surface area contributed by atoms with E-state index in [1.807, 2.05) is 24.3 Å². The van der Waals surface area contributed by atoms with Gasteiger partial charge in [-0.05, 0) is 41.5 Å². The van der Waals surface area contributed by atoms with Crippen molar-refractivity contribution < 1.29 is 13.5 Å². The number of halogens is 2. The van der Waals surface area contributed by atoms with Crippen molar-refractivity contribution in [1.82, 2.24) is 0 Å². The fourth-order valence-corrected chi connectivity index (χ4v) is 2.82. The van der Waals surface area contributed by atoms with Crippen LogP contribution in [0.1, 0.15) is 12.0 Å². The SMILES string of the molecule is C=CCCc1ccc2c(F)c(-c3ccc(OC)c(F)c3)ccc2c1. The molecule has 0 saturated heterocycles. The Kier molecular flexibility index (Phi) is 4.61. The van der Waals surface area contributed by atoms with Gasteiger partial charge in [0.2, 0.25) is 0 Å². The predicted octanol–water partition coefficient (Wildman–Crippen LogP) is 5.91. The zero-order chi connectivity index (χ0) is 17.1. The molecule has 0 amide bonds. The number of benzene rings is 3. The van der Waals surface area contributed by atoms with Gasteiger partial charge >= 0.3 is 0 Å². The fourth-order valence-electron chi connectivity index (χ4n) is 2.82. The lowest BCUT2D eigenvalue weighted by molar-refractivity contribution is 0.386. The van der Waals surface area contributed by atoms with Gasteiger partial charge in [0, 0.05) is 10.9 Å². The minimum absolute atomic E-state index is 0.145. The lowest BCUT2D eigenvalue weighted by Gasteiger charge is -2.10.